The molecule has 0 radical (unpaired) electrons. The molecule has 0 saturated heterocycles. The van der Waals surface area contributed by atoms with Gasteiger partial charge < -0.3 is 24.4 Å². The third-order valence-corrected chi connectivity index (χ3v) is 4.25. The Bertz CT molecular complexity index is 895. The molecule has 8 nitrogen and oxygen atoms in total. The Labute approximate surface area is 168 Å². The highest BCUT2D eigenvalue weighted by molar-refractivity contribution is 5.90. The van der Waals surface area contributed by atoms with Crippen molar-refractivity contribution in [2.45, 2.75) is 13.0 Å². The van der Waals surface area contributed by atoms with Crippen LogP contribution in [0.3, 0.4) is 0 Å². The van der Waals surface area contributed by atoms with Crippen LogP contribution in [0.2, 0.25) is 0 Å². The molecule has 1 N–H and O–H groups in total. The van der Waals surface area contributed by atoms with Crippen molar-refractivity contribution in [3.8, 4) is 11.5 Å². The van der Waals surface area contributed by atoms with Gasteiger partial charge in [0.15, 0.2) is 18.1 Å². The zero-order valence-corrected chi connectivity index (χ0v) is 16.2. The smallest absolute Gasteiger partial charge is 0.337 e. The largest absolute Gasteiger partial charge is 0.486 e. The number of amides is 1. The van der Waals surface area contributed by atoms with E-state index >= 15 is 0 Å². The molecular formula is C21H22N2O6. The minimum atomic E-state index is -0.409. The number of carbonyl (C=O) groups is 2. The van der Waals surface area contributed by atoms with Crippen LogP contribution in [0.25, 0.3) is 0 Å². The first-order valence-electron chi connectivity index (χ1n) is 9.09. The SMILES string of the molecule is COC(=O)c1ccc(/C=N/OCC(=O)NC(C)c2ccc3c(c2)OCCO3)cc1. The summed E-state index contributed by atoms with van der Waals surface area (Å²) in [6.45, 7) is 2.70. The summed E-state index contributed by atoms with van der Waals surface area (Å²) in [4.78, 5) is 28.5. The number of fused-ring (bicyclic) bond motifs is 1. The van der Waals surface area contributed by atoms with E-state index in [1.54, 1.807) is 24.3 Å². The van der Waals surface area contributed by atoms with Gasteiger partial charge in [0.1, 0.15) is 13.2 Å². The monoisotopic (exact) mass is 398 g/mol. The van der Waals surface area contributed by atoms with E-state index < -0.39 is 5.97 Å². The lowest BCUT2D eigenvalue weighted by Crippen LogP contribution is -2.29. The number of nitrogens with zero attached hydrogens (tertiary/aromatic N) is 1. The molecule has 0 spiro atoms. The molecule has 29 heavy (non-hydrogen) atoms. The summed E-state index contributed by atoms with van der Waals surface area (Å²) in [6.07, 6.45) is 1.46. The fraction of sp³-hybridized carbons (Fsp3) is 0.286. The third-order valence-electron chi connectivity index (χ3n) is 4.25. The van der Waals surface area contributed by atoms with Crippen LogP contribution in [-0.2, 0) is 14.4 Å². The number of nitrogens with one attached hydrogen (secondary N) is 1. The second-order valence-electron chi connectivity index (χ2n) is 6.31. The molecule has 1 heterocycles. The maximum atomic E-state index is 12.1. The first-order chi connectivity index (χ1) is 14.1. The molecule has 3 rings (SSSR count). The van der Waals surface area contributed by atoms with Gasteiger partial charge in [-0.05, 0) is 42.3 Å². The fourth-order valence-electron chi connectivity index (χ4n) is 2.71. The molecule has 1 atom stereocenters. The predicted octanol–water partition coefficient (Wildman–Crippen LogP) is 2.47. The molecule has 0 aliphatic carbocycles. The van der Waals surface area contributed by atoms with Gasteiger partial charge in [0, 0.05) is 0 Å². The van der Waals surface area contributed by atoms with Gasteiger partial charge >= 0.3 is 5.97 Å². The quantitative estimate of drug-likeness (QED) is 0.437. The first kappa shape index (κ1) is 20.2. The number of rotatable bonds is 7. The van der Waals surface area contributed by atoms with Crippen LogP contribution >= 0.6 is 0 Å². The standard InChI is InChI=1S/C21H22N2O6/c1-14(17-7-8-18-19(11-17)28-10-9-27-18)23-20(24)13-29-22-12-15-3-5-16(6-4-15)21(25)26-2/h3-8,11-12,14H,9-10,13H2,1-2H3,(H,23,24)/b22-12+. The molecule has 8 heteroatoms. The molecular weight excluding hydrogens is 376 g/mol. The average molecular weight is 398 g/mol. The Morgan fingerprint density at radius 1 is 1.14 bits per heavy atom. The molecule has 1 amide bonds. The minimum absolute atomic E-state index is 0.217. The molecule has 1 aliphatic rings. The normalized spacial score (nSPS) is 13.6. The summed E-state index contributed by atoms with van der Waals surface area (Å²) in [6, 6.07) is 12.0. The third kappa shape index (κ3) is 5.47. The van der Waals surface area contributed by atoms with Gasteiger partial charge in [0.25, 0.3) is 5.91 Å². The number of hydrogen-bond donors (Lipinski definition) is 1. The number of oxime groups is 1. The van der Waals surface area contributed by atoms with Crippen LogP contribution in [0.1, 0.15) is 34.5 Å². The van der Waals surface area contributed by atoms with E-state index in [4.69, 9.17) is 14.3 Å². The highest BCUT2D eigenvalue weighted by atomic mass is 16.6. The van der Waals surface area contributed by atoms with E-state index in [0.717, 1.165) is 11.1 Å². The second-order valence-corrected chi connectivity index (χ2v) is 6.31. The molecule has 1 unspecified atom stereocenters. The van der Waals surface area contributed by atoms with Crippen LogP contribution in [0.5, 0.6) is 11.5 Å². The summed E-state index contributed by atoms with van der Waals surface area (Å²) in [7, 11) is 1.32. The minimum Gasteiger partial charge on any atom is -0.486 e. The van der Waals surface area contributed by atoms with Crippen molar-refractivity contribution in [1.29, 1.82) is 0 Å². The molecule has 0 aromatic heterocycles. The van der Waals surface area contributed by atoms with Crippen LogP contribution in [-0.4, -0.2) is 45.0 Å². The summed E-state index contributed by atoms with van der Waals surface area (Å²) >= 11 is 0. The van der Waals surface area contributed by atoms with Gasteiger partial charge in [-0.25, -0.2) is 4.79 Å². The van der Waals surface area contributed by atoms with E-state index in [9.17, 15) is 9.59 Å². The van der Waals surface area contributed by atoms with Gasteiger partial charge in [0.05, 0.1) is 24.9 Å². The molecule has 152 valence electrons. The summed E-state index contributed by atoms with van der Waals surface area (Å²) < 4.78 is 15.7. The van der Waals surface area contributed by atoms with Gasteiger partial charge in [-0.2, -0.15) is 0 Å². The Balaban J connectivity index is 1.46. The Kier molecular flexibility index (Phi) is 6.67. The van der Waals surface area contributed by atoms with Gasteiger partial charge in [0.2, 0.25) is 0 Å². The summed E-state index contributed by atoms with van der Waals surface area (Å²) in [5, 5.41) is 6.62. The van der Waals surface area contributed by atoms with Gasteiger partial charge in [-0.3, -0.25) is 4.79 Å². The number of benzene rings is 2. The number of methoxy groups -OCH3 is 1. The van der Waals surface area contributed by atoms with Gasteiger partial charge in [-0.1, -0.05) is 23.4 Å². The lowest BCUT2D eigenvalue weighted by Gasteiger charge is -2.21. The number of ether oxygens (including phenoxy) is 3. The van der Waals surface area contributed by atoms with E-state index in [2.05, 4.69) is 15.2 Å². The highest BCUT2D eigenvalue weighted by Crippen LogP contribution is 2.32. The average Bonchev–Trinajstić information content (AvgIpc) is 2.76. The first-order valence-corrected chi connectivity index (χ1v) is 9.09. The van der Waals surface area contributed by atoms with E-state index in [1.165, 1.54) is 13.3 Å². The Morgan fingerprint density at radius 2 is 1.86 bits per heavy atom. The fourth-order valence-corrected chi connectivity index (χ4v) is 2.71. The van der Waals surface area contributed by atoms with E-state index in [-0.39, 0.29) is 18.6 Å². The molecule has 1 aliphatic heterocycles. The van der Waals surface area contributed by atoms with E-state index in [1.807, 2.05) is 25.1 Å². The van der Waals surface area contributed by atoms with Crippen molar-refractivity contribution in [1.82, 2.24) is 5.32 Å². The molecule has 2 aromatic carbocycles. The summed E-state index contributed by atoms with van der Waals surface area (Å²) in [5.74, 6) is 0.670. The van der Waals surface area contributed by atoms with Crippen LogP contribution in [0.15, 0.2) is 47.6 Å². The zero-order valence-electron chi connectivity index (χ0n) is 16.2. The van der Waals surface area contributed by atoms with Crippen molar-refractivity contribution >= 4 is 18.1 Å². The van der Waals surface area contributed by atoms with Crippen molar-refractivity contribution < 1.29 is 28.6 Å². The highest BCUT2D eigenvalue weighted by Gasteiger charge is 2.16. The van der Waals surface area contributed by atoms with Crippen molar-refractivity contribution in [2.75, 3.05) is 26.9 Å². The predicted molar refractivity (Wildman–Crippen MR) is 105 cm³/mol. The number of esters is 1. The van der Waals surface area contributed by atoms with E-state index in [0.29, 0.717) is 30.3 Å². The Morgan fingerprint density at radius 3 is 2.59 bits per heavy atom. The van der Waals surface area contributed by atoms with Gasteiger partial charge in [-0.15, -0.1) is 0 Å². The number of carbonyl (C=O) groups excluding carboxylic acids is 2. The maximum absolute atomic E-state index is 12.1. The van der Waals surface area contributed by atoms with Crippen LogP contribution in [0.4, 0.5) is 0 Å². The molecule has 0 fully saturated rings. The molecule has 0 bridgehead atoms. The maximum Gasteiger partial charge on any atom is 0.337 e. The molecule has 0 saturated carbocycles. The van der Waals surface area contributed by atoms with Crippen molar-refractivity contribution in [2.24, 2.45) is 5.16 Å². The lowest BCUT2D eigenvalue weighted by atomic mass is 10.1. The second kappa shape index (κ2) is 9.59. The zero-order chi connectivity index (χ0) is 20.6. The Hall–Kier alpha value is -3.55. The van der Waals surface area contributed by atoms with Crippen LogP contribution in [0, 0.1) is 0 Å². The summed E-state index contributed by atoms with van der Waals surface area (Å²) in [5.41, 5.74) is 2.07. The van der Waals surface area contributed by atoms with Crippen molar-refractivity contribution in [3.63, 3.8) is 0 Å². The lowest BCUT2D eigenvalue weighted by molar-refractivity contribution is -0.126. The molecule has 2 aromatic rings. The topological polar surface area (TPSA) is 95.5 Å². The van der Waals surface area contributed by atoms with Crippen molar-refractivity contribution in [3.05, 3.63) is 59.2 Å². The van der Waals surface area contributed by atoms with Crippen LogP contribution < -0.4 is 14.8 Å². The number of hydrogen-bond acceptors (Lipinski definition) is 7.